The zero-order valence-electron chi connectivity index (χ0n) is 15.0. The number of ether oxygens (including phenoxy) is 1. The Morgan fingerprint density at radius 1 is 1.23 bits per heavy atom. The first kappa shape index (κ1) is 18.9. The van der Waals surface area contributed by atoms with Crippen molar-refractivity contribution in [3.05, 3.63) is 34.9 Å². The molecule has 1 aromatic rings. The molecule has 2 aliphatic rings. The molecule has 3 rings (SSSR count). The van der Waals surface area contributed by atoms with Crippen LogP contribution in [0, 0.1) is 0 Å². The first-order chi connectivity index (χ1) is 12.3. The van der Waals surface area contributed by atoms with Gasteiger partial charge in [0.1, 0.15) is 0 Å². The molecule has 1 amide bonds. The number of hydrogen-bond acceptors (Lipinski definition) is 5. The van der Waals surface area contributed by atoms with E-state index < -0.39 is 33.9 Å². The third kappa shape index (κ3) is 4.84. The Balaban J connectivity index is 1.50. The van der Waals surface area contributed by atoms with Crippen LogP contribution < -0.4 is 5.32 Å². The Kier molecular flexibility index (Phi) is 5.65. The Labute approximate surface area is 154 Å². The summed E-state index contributed by atoms with van der Waals surface area (Å²) in [4.78, 5) is 24.2. The van der Waals surface area contributed by atoms with Gasteiger partial charge in [-0.2, -0.15) is 0 Å². The van der Waals surface area contributed by atoms with Crippen molar-refractivity contribution in [3.63, 3.8) is 0 Å². The maximum atomic E-state index is 12.1. The van der Waals surface area contributed by atoms with Gasteiger partial charge in [-0.1, -0.05) is 18.2 Å². The van der Waals surface area contributed by atoms with Crippen molar-refractivity contribution in [2.45, 2.75) is 57.6 Å². The van der Waals surface area contributed by atoms with Gasteiger partial charge < -0.3 is 10.1 Å². The van der Waals surface area contributed by atoms with Crippen molar-refractivity contribution < 1.29 is 22.7 Å². The van der Waals surface area contributed by atoms with Crippen LogP contribution in [0.4, 0.5) is 0 Å². The number of carbonyl (C=O) groups excluding carboxylic acids is 2. The SMILES string of the molecule is C[C@H](OC(=O)Cc1ccc2c(c1)CCCC2)C(=O)N[C@@H]1CCS(=O)(=O)C1. The fourth-order valence-corrected chi connectivity index (χ4v) is 5.26. The summed E-state index contributed by atoms with van der Waals surface area (Å²) in [5.41, 5.74) is 3.55. The number of amides is 1. The number of nitrogens with one attached hydrogen (secondary N) is 1. The van der Waals surface area contributed by atoms with Gasteiger partial charge in [-0.25, -0.2) is 8.42 Å². The van der Waals surface area contributed by atoms with E-state index in [9.17, 15) is 18.0 Å². The third-order valence-electron chi connectivity index (χ3n) is 5.02. The van der Waals surface area contributed by atoms with E-state index >= 15 is 0 Å². The van der Waals surface area contributed by atoms with Gasteiger partial charge >= 0.3 is 5.97 Å². The summed E-state index contributed by atoms with van der Waals surface area (Å²) < 4.78 is 28.1. The van der Waals surface area contributed by atoms with Gasteiger partial charge in [0.05, 0.1) is 17.9 Å². The number of sulfone groups is 1. The maximum Gasteiger partial charge on any atom is 0.311 e. The average Bonchev–Trinajstić information content (AvgIpc) is 2.93. The topological polar surface area (TPSA) is 89.5 Å². The molecule has 1 N–H and O–H groups in total. The lowest BCUT2D eigenvalue weighted by atomic mass is 9.90. The van der Waals surface area contributed by atoms with Crippen LogP contribution in [0.2, 0.25) is 0 Å². The second kappa shape index (κ2) is 7.78. The lowest BCUT2D eigenvalue weighted by molar-refractivity contribution is -0.154. The van der Waals surface area contributed by atoms with Crippen LogP contribution in [0.25, 0.3) is 0 Å². The van der Waals surface area contributed by atoms with Crippen LogP contribution in [0.15, 0.2) is 18.2 Å². The van der Waals surface area contributed by atoms with Crippen LogP contribution in [0.1, 0.15) is 42.9 Å². The van der Waals surface area contributed by atoms with Gasteiger partial charge in [0.2, 0.25) is 0 Å². The number of benzene rings is 1. The Bertz CT molecular complexity index is 802. The molecule has 0 saturated carbocycles. The second-order valence-corrected chi connectivity index (χ2v) is 9.46. The number of hydrogen-bond donors (Lipinski definition) is 1. The molecule has 142 valence electrons. The molecule has 0 aromatic heterocycles. The quantitative estimate of drug-likeness (QED) is 0.780. The summed E-state index contributed by atoms with van der Waals surface area (Å²) >= 11 is 0. The third-order valence-corrected chi connectivity index (χ3v) is 6.79. The normalized spacial score (nSPS) is 22.3. The fourth-order valence-electron chi connectivity index (χ4n) is 3.58. The van der Waals surface area contributed by atoms with E-state index in [1.165, 1.54) is 30.9 Å². The van der Waals surface area contributed by atoms with Gasteiger partial charge in [-0.3, -0.25) is 9.59 Å². The molecule has 26 heavy (non-hydrogen) atoms. The molecule has 1 fully saturated rings. The maximum absolute atomic E-state index is 12.1. The highest BCUT2D eigenvalue weighted by molar-refractivity contribution is 7.91. The van der Waals surface area contributed by atoms with E-state index in [4.69, 9.17) is 4.74 Å². The number of fused-ring (bicyclic) bond motifs is 1. The molecule has 2 atom stereocenters. The molecule has 0 unspecified atom stereocenters. The van der Waals surface area contributed by atoms with E-state index in [1.54, 1.807) is 0 Å². The highest BCUT2D eigenvalue weighted by Gasteiger charge is 2.30. The first-order valence-corrected chi connectivity index (χ1v) is 11.0. The number of esters is 1. The summed E-state index contributed by atoms with van der Waals surface area (Å²) in [6.45, 7) is 1.50. The molecular weight excluding hydrogens is 354 g/mol. The molecule has 1 saturated heterocycles. The molecule has 7 heteroatoms. The van der Waals surface area contributed by atoms with Crippen molar-refractivity contribution in [1.82, 2.24) is 5.32 Å². The minimum atomic E-state index is -3.06. The Hall–Kier alpha value is -1.89. The van der Waals surface area contributed by atoms with Crippen molar-refractivity contribution in [2.24, 2.45) is 0 Å². The lowest BCUT2D eigenvalue weighted by Crippen LogP contribution is -2.42. The largest absolute Gasteiger partial charge is 0.452 e. The van der Waals surface area contributed by atoms with Gasteiger partial charge in [-0.15, -0.1) is 0 Å². The molecule has 1 aromatic carbocycles. The van der Waals surface area contributed by atoms with Crippen LogP contribution in [-0.4, -0.2) is 43.9 Å². The van der Waals surface area contributed by atoms with Crippen LogP contribution in [0.5, 0.6) is 0 Å². The molecule has 0 bridgehead atoms. The zero-order valence-corrected chi connectivity index (χ0v) is 15.8. The molecule has 1 aliphatic heterocycles. The van der Waals surface area contributed by atoms with E-state index in [-0.39, 0.29) is 17.9 Å². The predicted octanol–water partition coefficient (Wildman–Crippen LogP) is 1.34. The van der Waals surface area contributed by atoms with Crippen molar-refractivity contribution in [2.75, 3.05) is 11.5 Å². The zero-order chi connectivity index (χ0) is 18.7. The Morgan fingerprint density at radius 3 is 2.65 bits per heavy atom. The first-order valence-electron chi connectivity index (χ1n) is 9.13. The molecule has 0 radical (unpaired) electrons. The minimum Gasteiger partial charge on any atom is -0.452 e. The van der Waals surface area contributed by atoms with E-state index in [2.05, 4.69) is 17.4 Å². The molecule has 1 aliphatic carbocycles. The summed E-state index contributed by atoms with van der Waals surface area (Å²) in [6.07, 6.45) is 4.11. The highest BCUT2D eigenvalue weighted by Crippen LogP contribution is 2.22. The number of aryl methyl sites for hydroxylation is 2. The summed E-state index contributed by atoms with van der Waals surface area (Å²) in [7, 11) is -3.06. The Morgan fingerprint density at radius 2 is 1.96 bits per heavy atom. The fraction of sp³-hybridized carbons (Fsp3) is 0.579. The average molecular weight is 379 g/mol. The summed E-state index contributed by atoms with van der Waals surface area (Å²) in [6, 6.07) is 5.69. The molecular formula is C19H25NO5S. The van der Waals surface area contributed by atoms with Crippen LogP contribution in [0.3, 0.4) is 0 Å². The summed E-state index contributed by atoms with van der Waals surface area (Å²) in [5, 5.41) is 2.65. The predicted molar refractivity (Wildman–Crippen MR) is 97.5 cm³/mol. The van der Waals surface area contributed by atoms with Crippen molar-refractivity contribution in [1.29, 1.82) is 0 Å². The number of rotatable bonds is 5. The molecule has 0 spiro atoms. The van der Waals surface area contributed by atoms with E-state index in [0.29, 0.717) is 6.42 Å². The van der Waals surface area contributed by atoms with Crippen LogP contribution in [-0.2, 0) is 43.4 Å². The van der Waals surface area contributed by atoms with Crippen LogP contribution >= 0.6 is 0 Å². The van der Waals surface area contributed by atoms with Gasteiger partial charge in [0.25, 0.3) is 5.91 Å². The van der Waals surface area contributed by atoms with Crippen molar-refractivity contribution >= 4 is 21.7 Å². The van der Waals surface area contributed by atoms with Gasteiger partial charge in [0, 0.05) is 6.04 Å². The van der Waals surface area contributed by atoms with E-state index in [1.807, 2.05) is 6.07 Å². The van der Waals surface area contributed by atoms with E-state index in [0.717, 1.165) is 18.4 Å². The molecule has 1 heterocycles. The highest BCUT2D eigenvalue weighted by atomic mass is 32.2. The number of carbonyl (C=O) groups is 2. The van der Waals surface area contributed by atoms with Gasteiger partial charge in [0.15, 0.2) is 15.9 Å². The van der Waals surface area contributed by atoms with Gasteiger partial charge in [-0.05, 0) is 55.7 Å². The lowest BCUT2D eigenvalue weighted by Gasteiger charge is -2.18. The molecule has 6 nitrogen and oxygen atoms in total. The monoisotopic (exact) mass is 379 g/mol. The smallest absolute Gasteiger partial charge is 0.311 e. The summed E-state index contributed by atoms with van der Waals surface area (Å²) in [5.74, 6) is -0.868. The minimum absolute atomic E-state index is 0.0471. The van der Waals surface area contributed by atoms with Crippen molar-refractivity contribution in [3.8, 4) is 0 Å². The standard InChI is InChI=1S/C19H25NO5S/c1-13(19(22)20-17-8-9-26(23,24)12-17)25-18(21)11-14-6-7-15-4-2-3-5-16(15)10-14/h6-7,10,13,17H,2-5,8-9,11-12H2,1H3,(H,20,22)/t13-,17+/m0/s1. The second-order valence-electron chi connectivity index (χ2n) is 7.23.